The first kappa shape index (κ1) is 10.3. The third-order valence-electron chi connectivity index (χ3n) is 1.90. The van der Waals surface area contributed by atoms with Crippen molar-refractivity contribution in [2.75, 3.05) is 5.32 Å². The van der Waals surface area contributed by atoms with Crippen molar-refractivity contribution in [1.29, 1.82) is 0 Å². The molecule has 0 aromatic carbocycles. The highest BCUT2D eigenvalue weighted by Gasteiger charge is 2.06. The number of aliphatic hydroxyl groups is 1. The Kier molecular flexibility index (Phi) is 2.83. The molecule has 15 heavy (non-hydrogen) atoms. The van der Waals surface area contributed by atoms with Crippen molar-refractivity contribution in [3.63, 3.8) is 0 Å². The lowest BCUT2D eigenvalue weighted by atomic mass is 10.3. The van der Waals surface area contributed by atoms with Crippen LogP contribution in [0.3, 0.4) is 0 Å². The number of fused-ring (bicyclic) bond motifs is 1. The molecule has 0 aliphatic heterocycles. The second kappa shape index (κ2) is 4.12. The number of aliphatic hydroxyl groups excluding tert-OH is 1. The van der Waals surface area contributed by atoms with E-state index < -0.39 is 0 Å². The van der Waals surface area contributed by atoms with E-state index in [2.05, 4.69) is 29.1 Å². The van der Waals surface area contributed by atoms with Crippen molar-refractivity contribution in [1.82, 2.24) is 9.97 Å². The van der Waals surface area contributed by atoms with E-state index in [-0.39, 0.29) is 6.61 Å². The van der Waals surface area contributed by atoms with E-state index in [1.807, 2.05) is 6.07 Å². The van der Waals surface area contributed by atoms with Gasteiger partial charge in [-0.1, -0.05) is 11.3 Å². The van der Waals surface area contributed by atoms with Crippen LogP contribution in [0, 0.1) is 0 Å². The summed E-state index contributed by atoms with van der Waals surface area (Å²) < 4.78 is 1.00. The minimum absolute atomic E-state index is 0.0216. The van der Waals surface area contributed by atoms with Gasteiger partial charge in [0.15, 0.2) is 10.8 Å². The third kappa shape index (κ3) is 2.24. The van der Waals surface area contributed by atoms with Crippen molar-refractivity contribution in [3.05, 3.63) is 17.8 Å². The maximum atomic E-state index is 8.98. The summed E-state index contributed by atoms with van der Waals surface area (Å²) in [5, 5.41) is 13.1. The molecule has 0 amide bonds. The zero-order valence-electron chi connectivity index (χ0n) is 8.69. The Morgan fingerprint density at radius 2 is 2.33 bits per heavy atom. The number of anilines is 1. The van der Waals surface area contributed by atoms with Crippen LogP contribution in [0.2, 0.25) is 0 Å². The number of rotatable bonds is 3. The molecule has 2 aromatic rings. The zero-order valence-corrected chi connectivity index (χ0v) is 9.51. The lowest BCUT2D eigenvalue weighted by Crippen LogP contribution is -2.08. The third-order valence-corrected chi connectivity index (χ3v) is 2.82. The molecular weight excluding hydrogens is 210 g/mol. The van der Waals surface area contributed by atoms with E-state index in [0.29, 0.717) is 6.04 Å². The quantitative estimate of drug-likeness (QED) is 0.835. The van der Waals surface area contributed by atoms with E-state index in [4.69, 9.17) is 5.11 Å². The fourth-order valence-electron chi connectivity index (χ4n) is 1.26. The molecule has 0 radical (unpaired) electrons. The molecule has 2 heterocycles. The molecule has 0 unspecified atom stereocenters. The van der Waals surface area contributed by atoms with Gasteiger partial charge in [-0.15, -0.1) is 0 Å². The Hall–Kier alpha value is -1.20. The van der Waals surface area contributed by atoms with Gasteiger partial charge in [-0.05, 0) is 25.5 Å². The van der Waals surface area contributed by atoms with Gasteiger partial charge in [0.2, 0.25) is 0 Å². The van der Waals surface area contributed by atoms with Gasteiger partial charge in [0.1, 0.15) is 0 Å². The summed E-state index contributed by atoms with van der Waals surface area (Å²) in [6.45, 7) is 4.16. The highest BCUT2D eigenvalue weighted by atomic mass is 32.1. The highest BCUT2D eigenvalue weighted by molar-refractivity contribution is 7.22. The van der Waals surface area contributed by atoms with Crippen LogP contribution < -0.4 is 5.32 Å². The molecular formula is C10H13N3OS. The van der Waals surface area contributed by atoms with Crippen LogP contribution in [0.4, 0.5) is 5.13 Å². The summed E-state index contributed by atoms with van der Waals surface area (Å²) in [6.07, 6.45) is 1.65. The molecule has 4 nitrogen and oxygen atoms in total. The predicted octanol–water partition coefficient (Wildman–Crippen LogP) is 2.00. The van der Waals surface area contributed by atoms with Gasteiger partial charge >= 0.3 is 0 Å². The van der Waals surface area contributed by atoms with Gasteiger partial charge in [-0.3, -0.25) is 0 Å². The Bertz CT molecular complexity index is 467. The van der Waals surface area contributed by atoms with Crippen LogP contribution in [0.25, 0.3) is 10.3 Å². The van der Waals surface area contributed by atoms with Gasteiger partial charge < -0.3 is 10.4 Å². The maximum absolute atomic E-state index is 8.98. The van der Waals surface area contributed by atoms with Crippen molar-refractivity contribution in [2.45, 2.75) is 26.5 Å². The zero-order chi connectivity index (χ0) is 10.8. The number of pyridine rings is 1. The van der Waals surface area contributed by atoms with Gasteiger partial charge in [0.05, 0.1) is 11.3 Å². The fraction of sp³-hybridized carbons (Fsp3) is 0.400. The van der Waals surface area contributed by atoms with Crippen LogP contribution >= 0.6 is 11.3 Å². The summed E-state index contributed by atoms with van der Waals surface area (Å²) in [7, 11) is 0. The summed E-state index contributed by atoms with van der Waals surface area (Å²) in [5.41, 5.74) is 1.56. The summed E-state index contributed by atoms with van der Waals surface area (Å²) in [5.74, 6) is 0. The summed E-state index contributed by atoms with van der Waals surface area (Å²) >= 11 is 1.56. The molecule has 0 aliphatic rings. The van der Waals surface area contributed by atoms with E-state index in [0.717, 1.165) is 21.0 Å². The van der Waals surface area contributed by atoms with Crippen LogP contribution in [0.5, 0.6) is 0 Å². The second-order valence-electron chi connectivity index (χ2n) is 3.64. The molecule has 0 aliphatic carbocycles. The molecule has 0 saturated heterocycles. The number of thiazole rings is 1. The number of nitrogens with one attached hydrogen (secondary N) is 1. The van der Waals surface area contributed by atoms with Crippen LogP contribution in [-0.4, -0.2) is 21.1 Å². The topological polar surface area (TPSA) is 58.0 Å². The standard InChI is InChI=1S/C10H13N3OS/c1-6(2)12-10-13-9-8(15-10)3-7(5-14)4-11-9/h3-4,6,14H,5H2,1-2H3,(H,11,12,13). The Morgan fingerprint density at radius 1 is 1.53 bits per heavy atom. The van der Waals surface area contributed by atoms with Crippen molar-refractivity contribution < 1.29 is 5.11 Å². The molecule has 2 rings (SSSR count). The minimum Gasteiger partial charge on any atom is -0.392 e. The number of hydrogen-bond donors (Lipinski definition) is 2. The van der Waals surface area contributed by atoms with Crippen LogP contribution in [0.1, 0.15) is 19.4 Å². The number of hydrogen-bond acceptors (Lipinski definition) is 5. The van der Waals surface area contributed by atoms with Crippen LogP contribution in [0.15, 0.2) is 12.3 Å². The molecule has 2 aromatic heterocycles. The van der Waals surface area contributed by atoms with E-state index in [9.17, 15) is 0 Å². The van der Waals surface area contributed by atoms with E-state index in [1.54, 1.807) is 17.5 Å². The second-order valence-corrected chi connectivity index (χ2v) is 4.67. The molecule has 2 N–H and O–H groups in total. The average molecular weight is 223 g/mol. The van der Waals surface area contributed by atoms with Crippen molar-refractivity contribution in [2.24, 2.45) is 0 Å². The molecule has 0 bridgehead atoms. The first-order valence-electron chi connectivity index (χ1n) is 4.82. The van der Waals surface area contributed by atoms with Crippen LogP contribution in [-0.2, 0) is 6.61 Å². The van der Waals surface area contributed by atoms with Crippen molar-refractivity contribution >= 4 is 26.8 Å². The van der Waals surface area contributed by atoms with E-state index in [1.165, 1.54) is 0 Å². The summed E-state index contributed by atoms with van der Waals surface area (Å²) in [4.78, 5) is 8.52. The number of nitrogens with zero attached hydrogens (tertiary/aromatic N) is 2. The fourth-order valence-corrected chi connectivity index (χ4v) is 2.29. The number of aromatic nitrogens is 2. The van der Waals surface area contributed by atoms with Gasteiger partial charge in [0.25, 0.3) is 0 Å². The average Bonchev–Trinajstić information content (AvgIpc) is 2.57. The van der Waals surface area contributed by atoms with E-state index >= 15 is 0 Å². The van der Waals surface area contributed by atoms with Crippen molar-refractivity contribution in [3.8, 4) is 0 Å². The molecule has 80 valence electrons. The smallest absolute Gasteiger partial charge is 0.185 e. The van der Waals surface area contributed by atoms with Gasteiger partial charge in [0, 0.05) is 12.2 Å². The Labute approximate surface area is 92.0 Å². The summed E-state index contributed by atoms with van der Waals surface area (Å²) in [6, 6.07) is 2.29. The van der Waals surface area contributed by atoms with Gasteiger partial charge in [-0.25, -0.2) is 9.97 Å². The lowest BCUT2D eigenvalue weighted by Gasteiger charge is -2.03. The SMILES string of the molecule is CC(C)Nc1nc2ncc(CO)cc2s1. The minimum atomic E-state index is 0.0216. The Balaban J connectivity index is 2.37. The first-order valence-corrected chi connectivity index (χ1v) is 5.63. The largest absolute Gasteiger partial charge is 0.392 e. The monoisotopic (exact) mass is 223 g/mol. The lowest BCUT2D eigenvalue weighted by molar-refractivity contribution is 0.281. The molecule has 0 atom stereocenters. The maximum Gasteiger partial charge on any atom is 0.185 e. The predicted molar refractivity (Wildman–Crippen MR) is 62.1 cm³/mol. The molecule has 0 spiro atoms. The highest BCUT2D eigenvalue weighted by Crippen LogP contribution is 2.25. The molecule has 5 heteroatoms. The Morgan fingerprint density at radius 3 is 3.00 bits per heavy atom. The molecule has 0 fully saturated rings. The first-order chi connectivity index (χ1) is 7.19. The molecule has 0 saturated carbocycles. The van der Waals surface area contributed by atoms with Gasteiger partial charge in [-0.2, -0.15) is 0 Å². The normalized spacial score (nSPS) is 11.2.